The summed E-state index contributed by atoms with van der Waals surface area (Å²) in [5.74, 6) is 0.767. The van der Waals surface area contributed by atoms with Crippen molar-refractivity contribution in [2.24, 2.45) is 0 Å². The molecule has 0 aliphatic heterocycles. The van der Waals surface area contributed by atoms with Crippen molar-refractivity contribution < 1.29 is 9.53 Å². The van der Waals surface area contributed by atoms with Crippen molar-refractivity contribution in [2.75, 3.05) is 6.61 Å². The van der Waals surface area contributed by atoms with Gasteiger partial charge in [-0.05, 0) is 32.4 Å². The first kappa shape index (κ1) is 14.3. The molecule has 0 fully saturated rings. The quantitative estimate of drug-likeness (QED) is 0.380. The van der Waals surface area contributed by atoms with E-state index in [-0.39, 0.29) is 5.97 Å². The number of nitrogens with zero attached hydrogens (tertiary/aromatic N) is 1. The molecule has 2 rings (SSSR count). The van der Waals surface area contributed by atoms with Crippen LogP contribution in [0.25, 0.3) is 11.0 Å². The predicted molar refractivity (Wildman–Crippen MR) is 83.5 cm³/mol. The number of imidazole rings is 1. The Morgan fingerprint density at radius 3 is 2.84 bits per heavy atom. The van der Waals surface area contributed by atoms with E-state index in [0.29, 0.717) is 6.61 Å². The second kappa shape index (κ2) is 5.90. The summed E-state index contributed by atoms with van der Waals surface area (Å²) < 4.78 is 4.75. The van der Waals surface area contributed by atoms with Gasteiger partial charge in [0, 0.05) is 6.42 Å². The Morgan fingerprint density at radius 2 is 2.16 bits per heavy atom. The lowest BCUT2D eigenvalue weighted by Gasteiger charge is -2.14. The summed E-state index contributed by atoms with van der Waals surface area (Å²) in [6.45, 7) is 4.12. The largest absolute Gasteiger partial charge is 0.465 e. The molecule has 2 aromatic rings. The first-order valence-corrected chi connectivity index (χ1v) is 7.34. The number of H-pyrrole nitrogens is 1. The van der Waals surface area contributed by atoms with Crippen LogP contribution < -0.4 is 0 Å². The number of fused-ring (bicyclic) bond motifs is 1. The highest BCUT2D eigenvalue weighted by Gasteiger charge is 2.24. The lowest BCUT2D eigenvalue weighted by molar-refractivity contribution is -0.145. The Hall–Kier alpha value is -1.11. The SMILES string of the molecule is CC(C)(I)C(=O)OCCCc1nc2ccccc2[nH]1. The molecule has 0 bridgehead atoms. The highest BCUT2D eigenvalue weighted by molar-refractivity contribution is 14.1. The van der Waals surface area contributed by atoms with Crippen LogP contribution in [0.4, 0.5) is 0 Å². The third-order valence-electron chi connectivity index (χ3n) is 2.71. The topological polar surface area (TPSA) is 55.0 Å². The number of aromatic amines is 1. The number of carbonyl (C=O) groups excluding carboxylic acids is 1. The summed E-state index contributed by atoms with van der Waals surface area (Å²) in [5, 5.41) is 0. The number of rotatable bonds is 5. The minimum absolute atomic E-state index is 0.169. The maximum atomic E-state index is 11.6. The van der Waals surface area contributed by atoms with Crippen LogP contribution in [0.15, 0.2) is 24.3 Å². The van der Waals surface area contributed by atoms with Crippen molar-refractivity contribution in [3.05, 3.63) is 30.1 Å². The van der Waals surface area contributed by atoms with E-state index in [0.717, 1.165) is 29.7 Å². The second-order valence-electron chi connectivity index (χ2n) is 4.91. The van der Waals surface area contributed by atoms with Gasteiger partial charge in [-0.15, -0.1) is 0 Å². The van der Waals surface area contributed by atoms with Gasteiger partial charge in [-0.2, -0.15) is 0 Å². The number of esters is 1. The van der Waals surface area contributed by atoms with Crippen molar-refractivity contribution in [2.45, 2.75) is 30.1 Å². The fraction of sp³-hybridized carbons (Fsp3) is 0.429. The maximum Gasteiger partial charge on any atom is 0.321 e. The van der Waals surface area contributed by atoms with Crippen molar-refractivity contribution in [1.82, 2.24) is 9.97 Å². The number of ether oxygens (including phenoxy) is 1. The zero-order chi connectivity index (χ0) is 13.9. The van der Waals surface area contributed by atoms with Crippen molar-refractivity contribution in [3.8, 4) is 0 Å². The molecule has 0 amide bonds. The second-order valence-corrected chi connectivity index (χ2v) is 7.61. The molecule has 0 radical (unpaired) electrons. The first-order chi connectivity index (χ1) is 8.97. The molecule has 5 heteroatoms. The van der Waals surface area contributed by atoms with Gasteiger partial charge in [-0.25, -0.2) is 4.98 Å². The number of aryl methyl sites for hydroxylation is 1. The molecule has 0 aliphatic carbocycles. The van der Waals surface area contributed by atoms with Gasteiger partial charge in [-0.1, -0.05) is 34.7 Å². The average molecular weight is 372 g/mol. The van der Waals surface area contributed by atoms with E-state index in [9.17, 15) is 4.79 Å². The molecular weight excluding hydrogens is 355 g/mol. The highest BCUT2D eigenvalue weighted by Crippen LogP contribution is 2.18. The zero-order valence-electron chi connectivity index (χ0n) is 11.1. The van der Waals surface area contributed by atoms with Gasteiger partial charge in [-0.3, -0.25) is 4.79 Å². The summed E-state index contributed by atoms with van der Waals surface area (Å²) >= 11 is 2.08. The van der Waals surface area contributed by atoms with E-state index < -0.39 is 3.42 Å². The predicted octanol–water partition coefficient (Wildman–Crippen LogP) is 3.25. The molecule has 0 saturated heterocycles. The van der Waals surface area contributed by atoms with Crippen molar-refractivity contribution >= 4 is 39.6 Å². The third-order valence-corrected chi connectivity index (χ3v) is 3.16. The molecular formula is C14H17IN2O2. The van der Waals surface area contributed by atoms with Crippen LogP contribution >= 0.6 is 22.6 Å². The number of para-hydroxylation sites is 2. The summed E-state index contributed by atoms with van der Waals surface area (Å²) in [4.78, 5) is 19.3. The van der Waals surface area contributed by atoms with Crippen LogP contribution in [-0.4, -0.2) is 26.0 Å². The van der Waals surface area contributed by atoms with E-state index in [1.165, 1.54) is 0 Å². The minimum Gasteiger partial charge on any atom is -0.465 e. The molecule has 0 aliphatic rings. The van der Waals surface area contributed by atoms with Crippen LogP contribution in [0, 0.1) is 0 Å². The van der Waals surface area contributed by atoms with E-state index in [1.807, 2.05) is 38.1 Å². The van der Waals surface area contributed by atoms with Crippen molar-refractivity contribution in [1.29, 1.82) is 0 Å². The normalized spacial score (nSPS) is 11.7. The van der Waals surface area contributed by atoms with Crippen LogP contribution in [-0.2, 0) is 16.0 Å². The minimum atomic E-state index is -0.461. The molecule has 1 aromatic heterocycles. The first-order valence-electron chi connectivity index (χ1n) is 6.26. The molecule has 19 heavy (non-hydrogen) atoms. The summed E-state index contributed by atoms with van der Waals surface area (Å²) in [5.41, 5.74) is 2.02. The number of hydrogen-bond acceptors (Lipinski definition) is 3. The van der Waals surface area contributed by atoms with Gasteiger partial charge in [0.15, 0.2) is 0 Å². The lowest BCUT2D eigenvalue weighted by Crippen LogP contribution is -2.26. The monoisotopic (exact) mass is 372 g/mol. The number of alkyl halides is 1. The van der Waals surface area contributed by atoms with E-state index >= 15 is 0 Å². The number of hydrogen-bond donors (Lipinski definition) is 1. The van der Waals surface area contributed by atoms with Gasteiger partial charge in [0.2, 0.25) is 0 Å². The molecule has 0 atom stereocenters. The number of benzene rings is 1. The Labute approximate surface area is 126 Å². The van der Waals surface area contributed by atoms with Crippen LogP contribution in [0.1, 0.15) is 26.1 Å². The molecule has 0 unspecified atom stereocenters. The van der Waals surface area contributed by atoms with Gasteiger partial charge in [0.1, 0.15) is 9.25 Å². The fourth-order valence-corrected chi connectivity index (χ4v) is 1.86. The zero-order valence-corrected chi connectivity index (χ0v) is 13.2. The lowest BCUT2D eigenvalue weighted by atomic mass is 10.2. The molecule has 0 saturated carbocycles. The summed E-state index contributed by atoms with van der Waals surface area (Å²) in [6, 6.07) is 7.93. The summed E-state index contributed by atoms with van der Waals surface area (Å²) in [6.07, 6.45) is 1.56. The van der Waals surface area contributed by atoms with Crippen LogP contribution in [0.5, 0.6) is 0 Å². The molecule has 102 valence electrons. The van der Waals surface area contributed by atoms with E-state index in [1.54, 1.807) is 0 Å². The number of nitrogens with one attached hydrogen (secondary N) is 1. The fourth-order valence-electron chi connectivity index (χ4n) is 1.70. The number of carbonyl (C=O) groups is 1. The third kappa shape index (κ3) is 3.92. The molecule has 0 spiro atoms. The molecule has 4 nitrogen and oxygen atoms in total. The van der Waals surface area contributed by atoms with Crippen molar-refractivity contribution in [3.63, 3.8) is 0 Å². The number of aromatic nitrogens is 2. The summed E-state index contributed by atoms with van der Waals surface area (Å²) in [7, 11) is 0. The van der Waals surface area contributed by atoms with Gasteiger partial charge in [0.25, 0.3) is 0 Å². The van der Waals surface area contributed by atoms with Gasteiger partial charge >= 0.3 is 5.97 Å². The molecule has 1 N–H and O–H groups in total. The molecule has 1 heterocycles. The Bertz CT molecular complexity index is 539. The smallest absolute Gasteiger partial charge is 0.321 e. The standard InChI is InChI=1S/C14H17IN2O2/c1-14(2,15)13(18)19-9-5-8-12-16-10-6-3-4-7-11(10)17-12/h3-4,6-7H,5,8-9H2,1-2H3,(H,16,17). The number of halogens is 1. The van der Waals surface area contributed by atoms with Crippen LogP contribution in [0.3, 0.4) is 0 Å². The maximum absolute atomic E-state index is 11.6. The highest BCUT2D eigenvalue weighted by atomic mass is 127. The Morgan fingerprint density at radius 1 is 1.42 bits per heavy atom. The van der Waals surface area contributed by atoms with E-state index in [4.69, 9.17) is 4.74 Å². The molecule has 1 aromatic carbocycles. The average Bonchev–Trinajstić information content (AvgIpc) is 2.75. The van der Waals surface area contributed by atoms with Gasteiger partial charge < -0.3 is 9.72 Å². The van der Waals surface area contributed by atoms with Gasteiger partial charge in [0.05, 0.1) is 17.6 Å². The van der Waals surface area contributed by atoms with Crippen LogP contribution in [0.2, 0.25) is 0 Å². The Kier molecular flexibility index (Phi) is 4.44. The van der Waals surface area contributed by atoms with E-state index in [2.05, 4.69) is 32.6 Å². The Balaban J connectivity index is 1.81.